The van der Waals surface area contributed by atoms with Crippen LogP contribution in [0.25, 0.3) is 0 Å². The molecule has 0 atom stereocenters. The van der Waals surface area contributed by atoms with Crippen molar-refractivity contribution in [2.75, 3.05) is 26.2 Å². The van der Waals surface area contributed by atoms with Crippen molar-refractivity contribution >= 4 is 6.09 Å². The summed E-state index contributed by atoms with van der Waals surface area (Å²) >= 11 is 0. The van der Waals surface area contributed by atoms with Gasteiger partial charge in [-0.05, 0) is 24.9 Å². The Balaban J connectivity index is 1.93. The summed E-state index contributed by atoms with van der Waals surface area (Å²) in [5.74, 6) is 0. The molecule has 1 amide bonds. The van der Waals surface area contributed by atoms with E-state index in [2.05, 4.69) is 10.8 Å². The van der Waals surface area contributed by atoms with E-state index in [-0.39, 0.29) is 6.61 Å². The van der Waals surface area contributed by atoms with Crippen LogP contribution in [0.15, 0.2) is 30.3 Å². The summed E-state index contributed by atoms with van der Waals surface area (Å²) in [6, 6.07) is 9.56. The lowest BCUT2D eigenvalue weighted by molar-refractivity contribution is 0.0394. The third-order valence-corrected chi connectivity index (χ3v) is 2.49. The van der Waals surface area contributed by atoms with Gasteiger partial charge >= 0.3 is 6.09 Å². The van der Waals surface area contributed by atoms with Crippen molar-refractivity contribution in [1.82, 2.24) is 10.8 Å². The predicted octanol–water partition coefficient (Wildman–Crippen LogP) is 1.17. The molecule has 0 spiro atoms. The van der Waals surface area contributed by atoms with Crippen molar-refractivity contribution in [2.45, 2.75) is 19.4 Å². The number of hydroxylamine groups is 1. The highest BCUT2D eigenvalue weighted by Crippen LogP contribution is 2.00. The van der Waals surface area contributed by atoms with Gasteiger partial charge in [0.1, 0.15) is 6.61 Å². The second-order valence-corrected chi connectivity index (χ2v) is 4.23. The Kier molecular flexibility index (Phi) is 9.21. The zero-order chi connectivity index (χ0) is 14.5. The second kappa shape index (κ2) is 11.2. The summed E-state index contributed by atoms with van der Waals surface area (Å²) in [6.45, 7) is 2.72. The van der Waals surface area contributed by atoms with Gasteiger partial charge < -0.3 is 20.6 Å². The summed E-state index contributed by atoms with van der Waals surface area (Å²) in [7, 11) is 0. The molecule has 0 saturated heterocycles. The molecule has 20 heavy (non-hydrogen) atoms. The highest BCUT2D eigenvalue weighted by atomic mass is 16.6. The Hall–Kier alpha value is -1.63. The zero-order valence-corrected chi connectivity index (χ0v) is 11.6. The summed E-state index contributed by atoms with van der Waals surface area (Å²) in [5.41, 5.74) is 9.10. The molecule has 0 bridgehead atoms. The van der Waals surface area contributed by atoms with Crippen LogP contribution in [-0.4, -0.2) is 32.3 Å². The highest BCUT2D eigenvalue weighted by molar-refractivity contribution is 5.67. The molecule has 0 aliphatic heterocycles. The Morgan fingerprint density at radius 2 is 1.95 bits per heavy atom. The minimum absolute atomic E-state index is 0.282. The van der Waals surface area contributed by atoms with Crippen molar-refractivity contribution < 1.29 is 14.4 Å². The molecule has 112 valence electrons. The molecule has 0 aliphatic carbocycles. The number of ether oxygens (including phenoxy) is 1. The van der Waals surface area contributed by atoms with Crippen LogP contribution in [0.4, 0.5) is 4.79 Å². The zero-order valence-electron chi connectivity index (χ0n) is 11.6. The average Bonchev–Trinajstić information content (AvgIpc) is 2.49. The van der Waals surface area contributed by atoms with Crippen LogP contribution in [0.3, 0.4) is 0 Å². The summed E-state index contributed by atoms with van der Waals surface area (Å²) in [5, 5.41) is 2.67. The van der Waals surface area contributed by atoms with Gasteiger partial charge in [-0.2, -0.15) is 0 Å². The van der Waals surface area contributed by atoms with Gasteiger partial charge in [-0.15, -0.1) is 0 Å². The Morgan fingerprint density at radius 1 is 1.15 bits per heavy atom. The third-order valence-electron chi connectivity index (χ3n) is 2.49. The van der Waals surface area contributed by atoms with Crippen molar-refractivity contribution in [3.05, 3.63) is 35.9 Å². The van der Waals surface area contributed by atoms with Gasteiger partial charge in [-0.25, -0.2) is 10.3 Å². The number of benzene rings is 1. The third kappa shape index (κ3) is 8.47. The van der Waals surface area contributed by atoms with E-state index in [1.54, 1.807) is 0 Å². The van der Waals surface area contributed by atoms with Crippen molar-refractivity contribution in [2.24, 2.45) is 5.73 Å². The molecule has 0 saturated carbocycles. The van der Waals surface area contributed by atoms with Crippen LogP contribution in [0.5, 0.6) is 0 Å². The Bertz CT molecular complexity index is 360. The lowest BCUT2D eigenvalue weighted by atomic mass is 10.2. The summed E-state index contributed by atoms with van der Waals surface area (Å²) in [6.07, 6.45) is 1.19. The number of hydrogen-bond acceptors (Lipinski definition) is 5. The van der Waals surface area contributed by atoms with E-state index in [4.69, 9.17) is 15.3 Å². The van der Waals surface area contributed by atoms with E-state index in [1.165, 1.54) is 0 Å². The van der Waals surface area contributed by atoms with E-state index in [1.807, 2.05) is 30.3 Å². The Labute approximate surface area is 119 Å². The second-order valence-electron chi connectivity index (χ2n) is 4.23. The standard InChI is InChI=1S/C14H23N3O3/c15-8-4-10-17-20-11-5-9-16-14(18)19-12-13-6-2-1-3-7-13/h1-3,6-7,17H,4-5,8-12,15H2,(H,16,18). The van der Waals surface area contributed by atoms with Crippen molar-refractivity contribution in [3.8, 4) is 0 Å². The van der Waals surface area contributed by atoms with Crippen LogP contribution in [0, 0.1) is 0 Å². The van der Waals surface area contributed by atoms with Crippen molar-refractivity contribution in [1.29, 1.82) is 0 Å². The number of alkyl carbamates (subject to hydrolysis) is 1. The number of amides is 1. The van der Waals surface area contributed by atoms with Gasteiger partial charge in [0.2, 0.25) is 0 Å². The molecule has 0 fully saturated rings. The number of carbonyl (C=O) groups excluding carboxylic acids is 1. The quantitative estimate of drug-likeness (QED) is 0.443. The molecule has 1 rings (SSSR count). The first-order valence-corrected chi connectivity index (χ1v) is 6.82. The van der Waals surface area contributed by atoms with Crippen molar-refractivity contribution in [3.63, 3.8) is 0 Å². The van der Waals surface area contributed by atoms with Gasteiger partial charge in [-0.1, -0.05) is 30.3 Å². The molecule has 0 heterocycles. The summed E-state index contributed by atoms with van der Waals surface area (Å²) < 4.78 is 5.07. The van der Waals surface area contributed by atoms with Crippen LogP contribution in [0.2, 0.25) is 0 Å². The average molecular weight is 281 g/mol. The smallest absolute Gasteiger partial charge is 0.407 e. The number of nitrogens with one attached hydrogen (secondary N) is 2. The lowest BCUT2D eigenvalue weighted by Crippen LogP contribution is -2.27. The van der Waals surface area contributed by atoms with Gasteiger partial charge in [0, 0.05) is 13.1 Å². The molecule has 1 aromatic rings. The first-order valence-electron chi connectivity index (χ1n) is 6.82. The van der Waals surface area contributed by atoms with Crippen LogP contribution in [0.1, 0.15) is 18.4 Å². The van der Waals surface area contributed by atoms with E-state index in [0.29, 0.717) is 19.7 Å². The van der Waals surface area contributed by atoms with E-state index >= 15 is 0 Å². The first kappa shape index (κ1) is 16.4. The molecule has 6 heteroatoms. The Morgan fingerprint density at radius 3 is 2.70 bits per heavy atom. The SMILES string of the molecule is NCCCNOCCCNC(=O)OCc1ccccc1. The normalized spacial score (nSPS) is 10.2. The number of hydrogen-bond donors (Lipinski definition) is 3. The van der Waals surface area contributed by atoms with Gasteiger partial charge in [0.15, 0.2) is 0 Å². The molecule has 6 nitrogen and oxygen atoms in total. The molecule has 0 aliphatic rings. The minimum atomic E-state index is -0.412. The summed E-state index contributed by atoms with van der Waals surface area (Å²) in [4.78, 5) is 16.5. The largest absolute Gasteiger partial charge is 0.445 e. The molecule has 0 unspecified atom stereocenters. The number of carbonyl (C=O) groups is 1. The molecule has 4 N–H and O–H groups in total. The van der Waals surface area contributed by atoms with Gasteiger partial charge in [0.25, 0.3) is 0 Å². The van der Waals surface area contributed by atoms with E-state index < -0.39 is 6.09 Å². The molecule has 0 aromatic heterocycles. The fourth-order valence-corrected chi connectivity index (χ4v) is 1.43. The monoisotopic (exact) mass is 281 g/mol. The molecular formula is C14H23N3O3. The number of rotatable bonds is 10. The fourth-order valence-electron chi connectivity index (χ4n) is 1.43. The molecular weight excluding hydrogens is 258 g/mol. The van der Waals surface area contributed by atoms with Crippen LogP contribution >= 0.6 is 0 Å². The first-order chi connectivity index (χ1) is 9.83. The topological polar surface area (TPSA) is 85.6 Å². The predicted molar refractivity (Wildman–Crippen MR) is 76.9 cm³/mol. The van der Waals surface area contributed by atoms with Crippen LogP contribution < -0.4 is 16.5 Å². The van der Waals surface area contributed by atoms with Gasteiger partial charge in [0.05, 0.1) is 6.61 Å². The van der Waals surface area contributed by atoms with E-state index in [0.717, 1.165) is 24.9 Å². The lowest BCUT2D eigenvalue weighted by Gasteiger charge is -2.07. The maximum atomic E-state index is 11.4. The fraction of sp³-hybridized carbons (Fsp3) is 0.500. The highest BCUT2D eigenvalue weighted by Gasteiger charge is 2.01. The number of nitrogens with two attached hydrogens (primary N) is 1. The van der Waals surface area contributed by atoms with E-state index in [9.17, 15) is 4.79 Å². The molecule has 1 aromatic carbocycles. The minimum Gasteiger partial charge on any atom is -0.445 e. The maximum Gasteiger partial charge on any atom is 0.407 e. The van der Waals surface area contributed by atoms with Crippen LogP contribution in [-0.2, 0) is 16.2 Å². The van der Waals surface area contributed by atoms with Gasteiger partial charge in [-0.3, -0.25) is 0 Å². The maximum absolute atomic E-state index is 11.4. The molecule has 0 radical (unpaired) electrons.